The van der Waals surface area contributed by atoms with E-state index in [0.29, 0.717) is 6.08 Å². The van der Waals surface area contributed by atoms with Crippen molar-refractivity contribution < 1.29 is 16.1 Å². The molecule has 8 heavy (non-hydrogen) atoms. The maximum Gasteiger partial charge on any atom is 0.328 e. The van der Waals surface area contributed by atoms with Crippen LogP contribution in [-0.4, -0.2) is 17.0 Å². The van der Waals surface area contributed by atoms with Crippen LogP contribution in [0.15, 0.2) is 12.2 Å². The largest absolute Gasteiger partial charge is 0.478 e. The second-order valence-electron chi connectivity index (χ2n) is 1.04. The van der Waals surface area contributed by atoms with Crippen molar-refractivity contribution in [3.05, 3.63) is 12.2 Å². The fourth-order valence-corrected chi connectivity index (χ4v) is 0.147. The molecule has 0 saturated carbocycles. The zero-order valence-corrected chi connectivity index (χ0v) is 3.92. The third kappa shape index (κ3) is 4.68. The number of carbonyl (C=O) groups is 2. The molecule has 0 saturated heterocycles. The smallest absolute Gasteiger partial charge is 0.328 e. The molecule has 0 aliphatic carbocycles. The average molecular weight is 116 g/mol. The summed E-state index contributed by atoms with van der Waals surface area (Å²) in [7, 11) is 0. The highest BCUT2D eigenvalue weighted by Crippen LogP contribution is 1.68. The van der Waals surface area contributed by atoms with Gasteiger partial charge in [-0.15, -0.1) is 0 Å². The Kier molecular flexibility index (Phi) is 1.68. The van der Waals surface area contributed by atoms with E-state index in [9.17, 15) is 9.59 Å². The lowest BCUT2D eigenvalue weighted by molar-refractivity contribution is -0.131. The van der Waals surface area contributed by atoms with Crippen LogP contribution in [0.5, 0.6) is 0 Å². The highest BCUT2D eigenvalue weighted by atomic mass is 16.4. The van der Waals surface area contributed by atoms with Gasteiger partial charge in [0.1, 0.15) is 0 Å². The molecule has 44 valence electrons. The van der Waals surface area contributed by atoms with Crippen molar-refractivity contribution in [2.24, 2.45) is 5.73 Å². The molecular weight excluding hydrogens is 110 g/mol. The Morgan fingerprint density at radius 2 is 2.25 bits per heavy atom. The number of carbonyl (C=O) groups excluding carboxylic acids is 1. The third-order valence-electron chi connectivity index (χ3n) is 0.377. The van der Waals surface area contributed by atoms with Gasteiger partial charge in [-0.1, -0.05) is 0 Å². The fraction of sp³-hybridized carbons (Fsp3) is 0. The van der Waals surface area contributed by atoms with Crippen molar-refractivity contribution in [3.63, 3.8) is 0 Å². The summed E-state index contributed by atoms with van der Waals surface area (Å²) in [5.41, 5.74) is 1.48. The quantitative estimate of drug-likeness (QED) is 0.459. The van der Waals surface area contributed by atoms with Crippen LogP contribution in [0.3, 0.4) is 0 Å². The van der Waals surface area contributed by atoms with Crippen LogP contribution in [0.2, 0.25) is 1.41 Å². The minimum atomic E-state index is -1.21. The maximum atomic E-state index is 10.1. The molecule has 0 aliphatic rings. The van der Waals surface area contributed by atoms with Gasteiger partial charge in [-0.3, -0.25) is 4.79 Å². The predicted octanol–water partition coefficient (Wildman–Crippen LogP) is -0.888. The summed E-state index contributed by atoms with van der Waals surface area (Å²) in [6.45, 7) is 0. The van der Waals surface area contributed by atoms with Gasteiger partial charge in [0.25, 0.3) is 0 Å². The van der Waals surface area contributed by atoms with E-state index in [-0.39, 0.29) is 0 Å². The number of rotatable bonds is 2. The Bertz CT molecular complexity index is 154. The molecule has 0 aromatic carbocycles. The molecule has 0 heterocycles. The van der Waals surface area contributed by atoms with E-state index in [0.717, 1.165) is 6.08 Å². The standard InChI is InChI=1S/C4H5NO3/c5-3(6)1-2-4(7)8/h1-2H,(H2,5,6)(H,7,8)/i/hD. The molecule has 0 aliphatic heterocycles. The van der Waals surface area contributed by atoms with Crippen molar-refractivity contribution in [1.29, 1.82) is 0 Å². The number of carboxylic acids is 1. The topological polar surface area (TPSA) is 80.4 Å². The molecule has 4 heteroatoms. The van der Waals surface area contributed by atoms with Gasteiger partial charge in [0.15, 0.2) is 1.41 Å². The first-order valence-corrected chi connectivity index (χ1v) is 1.79. The fourth-order valence-electron chi connectivity index (χ4n) is 0.147. The van der Waals surface area contributed by atoms with E-state index in [2.05, 4.69) is 0 Å². The highest BCUT2D eigenvalue weighted by molar-refractivity contribution is 5.92. The Balaban J connectivity index is 3.71. The van der Waals surface area contributed by atoms with Gasteiger partial charge in [0.2, 0.25) is 5.91 Å². The third-order valence-corrected chi connectivity index (χ3v) is 0.377. The van der Waals surface area contributed by atoms with Gasteiger partial charge in [-0.05, 0) is 0 Å². The van der Waals surface area contributed by atoms with Gasteiger partial charge < -0.3 is 10.8 Å². The molecule has 3 N–H and O–H groups in total. The molecule has 0 unspecified atom stereocenters. The van der Waals surface area contributed by atoms with Crippen LogP contribution < -0.4 is 5.73 Å². The van der Waals surface area contributed by atoms with Crippen LogP contribution >= 0.6 is 0 Å². The number of hydrogen-bond donors (Lipinski definition) is 2. The van der Waals surface area contributed by atoms with E-state index >= 15 is 0 Å². The molecule has 4 nitrogen and oxygen atoms in total. The van der Waals surface area contributed by atoms with E-state index < -0.39 is 11.9 Å². The number of aliphatic carboxylic acids is 1. The lowest BCUT2D eigenvalue weighted by Crippen LogP contribution is -2.06. The normalized spacial score (nSPS) is 10.8. The van der Waals surface area contributed by atoms with Crippen molar-refractivity contribution in [2.45, 2.75) is 0 Å². The molecule has 0 atom stereocenters. The van der Waals surface area contributed by atoms with Crippen molar-refractivity contribution in [3.8, 4) is 0 Å². The first-order chi connectivity index (χ1) is 4.16. The summed E-state index contributed by atoms with van der Waals surface area (Å²) < 4.78 is 6.21. The van der Waals surface area contributed by atoms with Gasteiger partial charge in [-0.2, -0.15) is 0 Å². The molecule has 0 fully saturated rings. The second kappa shape index (κ2) is 2.79. The van der Waals surface area contributed by atoms with Crippen molar-refractivity contribution in [2.75, 3.05) is 0 Å². The number of primary amides is 1. The molecule has 0 aromatic heterocycles. The SMILES string of the molecule is [2H]NC(=O)C=CC(=O)O. The summed E-state index contributed by atoms with van der Waals surface area (Å²) in [4.78, 5) is 19.8. The Morgan fingerprint density at radius 3 is 2.62 bits per heavy atom. The summed E-state index contributed by atoms with van der Waals surface area (Å²) >= 11 is 0. The van der Waals surface area contributed by atoms with Gasteiger partial charge in [0.05, 0.1) is 0 Å². The van der Waals surface area contributed by atoms with Crippen molar-refractivity contribution in [1.82, 2.24) is 0 Å². The number of carboxylic acid groups (broad SMARTS) is 1. The zero-order chi connectivity index (χ0) is 7.28. The van der Waals surface area contributed by atoms with Crippen LogP contribution in [0.25, 0.3) is 0 Å². The van der Waals surface area contributed by atoms with Crippen molar-refractivity contribution >= 4 is 11.9 Å². The maximum absolute atomic E-state index is 10.1. The highest BCUT2D eigenvalue weighted by Gasteiger charge is 1.86. The summed E-state index contributed by atoms with van der Waals surface area (Å²) in [6.07, 6.45) is 1.42. The zero-order valence-electron chi connectivity index (χ0n) is 4.92. The summed E-state index contributed by atoms with van der Waals surface area (Å²) in [5.74, 6) is -1.96. The summed E-state index contributed by atoms with van der Waals surface area (Å²) in [6, 6.07) is 0. The van der Waals surface area contributed by atoms with Gasteiger partial charge in [0, 0.05) is 12.2 Å². The van der Waals surface area contributed by atoms with E-state index in [4.69, 9.17) is 6.52 Å². The molecule has 0 radical (unpaired) electrons. The van der Waals surface area contributed by atoms with Crippen LogP contribution in [-0.2, 0) is 9.59 Å². The molecule has 0 rings (SSSR count). The molecule has 0 aromatic rings. The molecule has 0 spiro atoms. The predicted molar refractivity (Wildman–Crippen MR) is 26.0 cm³/mol. The second-order valence-corrected chi connectivity index (χ2v) is 1.04. The van der Waals surface area contributed by atoms with Gasteiger partial charge in [-0.25, -0.2) is 4.79 Å². The minimum Gasteiger partial charge on any atom is -0.478 e. The van der Waals surface area contributed by atoms with E-state index in [1.54, 1.807) is 0 Å². The molecule has 1 amide bonds. The Labute approximate surface area is 47.1 Å². The van der Waals surface area contributed by atoms with Crippen LogP contribution in [0.4, 0.5) is 0 Å². The van der Waals surface area contributed by atoms with Gasteiger partial charge >= 0.3 is 5.97 Å². The van der Waals surface area contributed by atoms with E-state index in [1.807, 2.05) is 0 Å². The monoisotopic (exact) mass is 116 g/mol. The summed E-state index contributed by atoms with van der Waals surface area (Å²) in [5, 5.41) is 7.93. The number of nitrogens with two attached hydrogens (primary N) is 1. The first kappa shape index (κ1) is 4.83. The number of hydrogen-bond acceptors (Lipinski definition) is 2. The molecule has 0 bridgehead atoms. The Hall–Kier alpha value is -1.32. The Morgan fingerprint density at radius 1 is 1.62 bits per heavy atom. The molecular formula is C4H5NO3. The minimum absolute atomic E-state index is 0.657. The number of amides is 1. The average Bonchev–Trinajstić information content (AvgIpc) is 1.83. The lowest BCUT2D eigenvalue weighted by atomic mass is 10.5. The van der Waals surface area contributed by atoms with E-state index in [1.165, 1.54) is 5.73 Å². The first-order valence-electron chi connectivity index (χ1n) is 2.29. The van der Waals surface area contributed by atoms with Crippen LogP contribution in [0, 0.1) is 0 Å². The van der Waals surface area contributed by atoms with Crippen LogP contribution in [0.1, 0.15) is 0 Å². The lowest BCUT2D eigenvalue weighted by Gasteiger charge is -1.75.